The van der Waals surface area contributed by atoms with E-state index in [1.165, 1.54) is 7.11 Å². The number of hydrogen-bond donors (Lipinski definition) is 1. The maximum Gasteiger partial charge on any atom is 0.316 e. The highest BCUT2D eigenvalue weighted by Gasteiger charge is 2.57. The van der Waals surface area contributed by atoms with Gasteiger partial charge in [0, 0.05) is 25.2 Å². The van der Waals surface area contributed by atoms with Gasteiger partial charge in [-0.15, -0.1) is 0 Å². The van der Waals surface area contributed by atoms with Crippen LogP contribution in [0.5, 0.6) is 0 Å². The predicted molar refractivity (Wildman–Crippen MR) is 74.9 cm³/mol. The second-order valence-corrected chi connectivity index (χ2v) is 5.70. The second-order valence-electron chi connectivity index (χ2n) is 5.70. The standard InChI is InChI=1S/C14H16N4O3/c1-20-13(19)14-7-18(5-9(14)6-21-8-14)11-2-3-15-12-10(11)4-16-17-12/h2-4,9H,5-8H2,1H3,(H,15,16,17)/t9-,14-/m0/s1. The van der Waals surface area contributed by atoms with Gasteiger partial charge in [0.2, 0.25) is 0 Å². The molecular weight excluding hydrogens is 272 g/mol. The van der Waals surface area contributed by atoms with Crippen molar-refractivity contribution in [2.75, 3.05) is 38.3 Å². The molecule has 21 heavy (non-hydrogen) atoms. The number of carbonyl (C=O) groups excluding carboxylic acids is 1. The smallest absolute Gasteiger partial charge is 0.316 e. The van der Waals surface area contributed by atoms with Crippen LogP contribution in [0.1, 0.15) is 0 Å². The number of H-pyrrole nitrogens is 1. The lowest BCUT2D eigenvalue weighted by Crippen LogP contribution is -2.40. The molecule has 2 aromatic heterocycles. The Morgan fingerprint density at radius 2 is 2.52 bits per heavy atom. The Morgan fingerprint density at radius 3 is 3.38 bits per heavy atom. The van der Waals surface area contributed by atoms with E-state index < -0.39 is 5.41 Å². The normalized spacial score (nSPS) is 28.0. The van der Waals surface area contributed by atoms with E-state index in [4.69, 9.17) is 9.47 Å². The third kappa shape index (κ3) is 1.67. The van der Waals surface area contributed by atoms with Gasteiger partial charge in [0.1, 0.15) is 5.41 Å². The number of anilines is 1. The van der Waals surface area contributed by atoms with Gasteiger partial charge in [-0.1, -0.05) is 0 Å². The topological polar surface area (TPSA) is 80.3 Å². The highest BCUT2D eigenvalue weighted by atomic mass is 16.5. The number of aromatic nitrogens is 3. The Hall–Kier alpha value is -2.15. The molecule has 4 heterocycles. The Kier molecular flexibility index (Phi) is 2.65. The zero-order valence-electron chi connectivity index (χ0n) is 11.7. The molecule has 0 radical (unpaired) electrons. The zero-order valence-corrected chi connectivity index (χ0v) is 11.7. The fourth-order valence-electron chi connectivity index (χ4n) is 3.52. The SMILES string of the molecule is COC(=O)[C@@]12COC[C@@H]1CN(c1ccnc3[nH]ncc13)C2. The van der Waals surface area contributed by atoms with E-state index in [-0.39, 0.29) is 11.9 Å². The van der Waals surface area contributed by atoms with Gasteiger partial charge < -0.3 is 14.4 Å². The van der Waals surface area contributed by atoms with Crippen molar-refractivity contribution < 1.29 is 14.3 Å². The summed E-state index contributed by atoms with van der Waals surface area (Å²) in [7, 11) is 1.44. The van der Waals surface area contributed by atoms with Crippen LogP contribution in [0.15, 0.2) is 18.5 Å². The van der Waals surface area contributed by atoms with Crippen LogP contribution in [0, 0.1) is 11.3 Å². The van der Waals surface area contributed by atoms with Crippen molar-refractivity contribution in [2.45, 2.75) is 0 Å². The van der Waals surface area contributed by atoms with Gasteiger partial charge in [-0.25, -0.2) is 4.98 Å². The van der Waals surface area contributed by atoms with Gasteiger partial charge in [0.05, 0.1) is 37.6 Å². The van der Waals surface area contributed by atoms with Crippen molar-refractivity contribution in [3.05, 3.63) is 18.5 Å². The van der Waals surface area contributed by atoms with Crippen molar-refractivity contribution in [3.63, 3.8) is 0 Å². The van der Waals surface area contributed by atoms with E-state index in [9.17, 15) is 4.79 Å². The van der Waals surface area contributed by atoms with Crippen molar-refractivity contribution in [2.24, 2.45) is 11.3 Å². The molecule has 0 aliphatic carbocycles. The fourth-order valence-corrected chi connectivity index (χ4v) is 3.52. The molecule has 2 fully saturated rings. The monoisotopic (exact) mass is 288 g/mol. The molecule has 0 saturated carbocycles. The van der Waals surface area contributed by atoms with Crippen LogP contribution in [-0.2, 0) is 14.3 Å². The number of ether oxygens (including phenoxy) is 2. The first-order chi connectivity index (χ1) is 10.2. The van der Waals surface area contributed by atoms with Crippen molar-refractivity contribution in [1.82, 2.24) is 15.2 Å². The molecule has 0 spiro atoms. The molecule has 0 amide bonds. The van der Waals surface area contributed by atoms with E-state index in [0.29, 0.717) is 19.8 Å². The zero-order chi connectivity index (χ0) is 14.4. The number of methoxy groups -OCH3 is 1. The number of rotatable bonds is 2. The highest BCUT2D eigenvalue weighted by molar-refractivity contribution is 5.90. The van der Waals surface area contributed by atoms with Gasteiger partial charge in [0.15, 0.2) is 5.65 Å². The van der Waals surface area contributed by atoms with E-state index in [1.54, 1.807) is 12.4 Å². The van der Waals surface area contributed by atoms with Crippen LogP contribution in [0.4, 0.5) is 5.69 Å². The molecule has 2 saturated heterocycles. The fraction of sp³-hybridized carbons (Fsp3) is 0.500. The molecule has 2 aliphatic rings. The molecule has 4 rings (SSSR count). The van der Waals surface area contributed by atoms with E-state index >= 15 is 0 Å². The number of nitrogens with zero attached hydrogens (tertiary/aromatic N) is 3. The number of carbonyl (C=O) groups is 1. The molecule has 110 valence electrons. The van der Waals surface area contributed by atoms with Crippen LogP contribution in [-0.4, -0.2) is 54.6 Å². The first-order valence-electron chi connectivity index (χ1n) is 6.94. The first-order valence-corrected chi connectivity index (χ1v) is 6.94. The number of pyridine rings is 1. The average molecular weight is 288 g/mol. The summed E-state index contributed by atoms with van der Waals surface area (Å²) in [5.74, 6) is -0.00920. The summed E-state index contributed by atoms with van der Waals surface area (Å²) in [6.45, 7) is 2.42. The number of hydrogen-bond acceptors (Lipinski definition) is 6. The molecule has 2 aliphatic heterocycles. The van der Waals surface area contributed by atoms with Gasteiger partial charge in [0.25, 0.3) is 0 Å². The van der Waals surface area contributed by atoms with E-state index in [2.05, 4.69) is 20.1 Å². The largest absolute Gasteiger partial charge is 0.468 e. The predicted octanol–water partition coefficient (Wildman–Crippen LogP) is 0.584. The molecule has 2 aromatic rings. The summed E-state index contributed by atoms with van der Waals surface area (Å²) >= 11 is 0. The minimum absolute atomic E-state index is 0.167. The number of aromatic amines is 1. The van der Waals surface area contributed by atoms with Gasteiger partial charge in [-0.3, -0.25) is 9.89 Å². The lowest BCUT2D eigenvalue weighted by atomic mass is 9.81. The maximum atomic E-state index is 12.2. The molecule has 1 N–H and O–H groups in total. The van der Waals surface area contributed by atoms with Crippen LogP contribution in [0.3, 0.4) is 0 Å². The Balaban J connectivity index is 1.73. The van der Waals surface area contributed by atoms with Crippen LogP contribution >= 0.6 is 0 Å². The molecular formula is C14H16N4O3. The Bertz CT molecular complexity index is 700. The van der Waals surface area contributed by atoms with Gasteiger partial charge in [-0.2, -0.15) is 5.10 Å². The minimum atomic E-state index is -0.548. The minimum Gasteiger partial charge on any atom is -0.468 e. The molecule has 2 atom stereocenters. The summed E-state index contributed by atoms with van der Waals surface area (Å²) in [5, 5.41) is 7.89. The van der Waals surface area contributed by atoms with E-state index in [1.807, 2.05) is 6.07 Å². The molecule has 0 bridgehead atoms. The lowest BCUT2D eigenvalue weighted by molar-refractivity contribution is -0.152. The van der Waals surface area contributed by atoms with E-state index in [0.717, 1.165) is 23.3 Å². The Labute approximate surface area is 121 Å². The first kappa shape index (κ1) is 12.6. The van der Waals surface area contributed by atoms with Gasteiger partial charge in [-0.05, 0) is 6.07 Å². The summed E-state index contributed by atoms with van der Waals surface area (Å²) in [6.07, 6.45) is 3.53. The highest BCUT2D eigenvalue weighted by Crippen LogP contribution is 2.44. The average Bonchev–Trinajstić information content (AvgIpc) is 3.18. The second kappa shape index (κ2) is 4.42. The molecule has 7 heteroatoms. The summed E-state index contributed by atoms with van der Waals surface area (Å²) in [4.78, 5) is 18.7. The maximum absolute atomic E-state index is 12.2. The summed E-state index contributed by atoms with van der Waals surface area (Å²) in [6, 6.07) is 1.96. The number of nitrogens with one attached hydrogen (secondary N) is 1. The molecule has 7 nitrogen and oxygen atoms in total. The summed E-state index contributed by atoms with van der Waals surface area (Å²) in [5.41, 5.74) is 1.26. The van der Waals surface area contributed by atoms with Crippen molar-refractivity contribution in [1.29, 1.82) is 0 Å². The Morgan fingerprint density at radius 1 is 1.62 bits per heavy atom. The number of esters is 1. The third-order valence-corrected chi connectivity index (χ3v) is 4.64. The van der Waals surface area contributed by atoms with Crippen LogP contribution < -0.4 is 4.90 Å². The van der Waals surface area contributed by atoms with Gasteiger partial charge >= 0.3 is 5.97 Å². The van der Waals surface area contributed by atoms with Crippen LogP contribution in [0.2, 0.25) is 0 Å². The van der Waals surface area contributed by atoms with Crippen molar-refractivity contribution in [3.8, 4) is 0 Å². The molecule has 0 aromatic carbocycles. The lowest BCUT2D eigenvalue weighted by Gasteiger charge is -2.24. The summed E-state index contributed by atoms with van der Waals surface area (Å²) < 4.78 is 10.6. The van der Waals surface area contributed by atoms with Crippen LogP contribution in [0.25, 0.3) is 11.0 Å². The molecule has 0 unspecified atom stereocenters. The number of fused-ring (bicyclic) bond motifs is 2. The quantitative estimate of drug-likeness (QED) is 0.814. The third-order valence-electron chi connectivity index (χ3n) is 4.64. The van der Waals surface area contributed by atoms with Crippen molar-refractivity contribution >= 4 is 22.7 Å².